The summed E-state index contributed by atoms with van der Waals surface area (Å²) in [7, 11) is 0. The summed E-state index contributed by atoms with van der Waals surface area (Å²) < 4.78 is 5.49. The van der Waals surface area contributed by atoms with Crippen molar-refractivity contribution in [2.24, 2.45) is 0 Å². The molecule has 4 heteroatoms. The van der Waals surface area contributed by atoms with E-state index in [0.717, 1.165) is 39.3 Å². The largest absolute Gasteiger partial charge is 0.395 e. The average Bonchev–Trinajstić information content (AvgIpc) is 2.26. The van der Waals surface area contributed by atoms with E-state index in [1.807, 2.05) is 0 Å². The highest BCUT2D eigenvalue weighted by Crippen LogP contribution is 2.18. The van der Waals surface area contributed by atoms with Gasteiger partial charge in [0.25, 0.3) is 0 Å². The van der Waals surface area contributed by atoms with E-state index < -0.39 is 0 Å². The molecule has 0 spiro atoms. The summed E-state index contributed by atoms with van der Waals surface area (Å²) in [5.41, 5.74) is 0.0829. The highest BCUT2D eigenvalue weighted by Gasteiger charge is 2.31. The van der Waals surface area contributed by atoms with Crippen molar-refractivity contribution in [2.75, 3.05) is 39.5 Å². The molecule has 16 heavy (non-hydrogen) atoms. The Kier molecular flexibility index (Phi) is 5.69. The summed E-state index contributed by atoms with van der Waals surface area (Å²) >= 11 is 0. The lowest BCUT2D eigenvalue weighted by molar-refractivity contribution is -0.0564. The number of rotatable bonds is 6. The molecule has 0 saturated carbocycles. The van der Waals surface area contributed by atoms with Gasteiger partial charge >= 0.3 is 0 Å². The molecule has 0 aliphatic carbocycles. The molecular weight excluding hydrogens is 204 g/mol. The maximum atomic E-state index is 9.33. The van der Waals surface area contributed by atoms with Crippen molar-refractivity contribution in [3.63, 3.8) is 0 Å². The van der Waals surface area contributed by atoms with Crippen LogP contribution < -0.4 is 5.32 Å². The second kappa shape index (κ2) is 6.55. The minimum Gasteiger partial charge on any atom is -0.395 e. The van der Waals surface area contributed by atoms with Gasteiger partial charge in [-0.15, -0.1) is 0 Å². The van der Waals surface area contributed by atoms with Crippen LogP contribution in [0.1, 0.15) is 27.2 Å². The summed E-state index contributed by atoms with van der Waals surface area (Å²) in [6.07, 6.45) is 1.10. The number of nitrogens with zero attached hydrogens (tertiary/aromatic N) is 1. The second-order valence-electron chi connectivity index (χ2n) is 5.14. The van der Waals surface area contributed by atoms with Gasteiger partial charge in [0.2, 0.25) is 0 Å². The summed E-state index contributed by atoms with van der Waals surface area (Å²) in [4.78, 5) is 2.40. The summed E-state index contributed by atoms with van der Waals surface area (Å²) in [6.45, 7) is 11.1. The Morgan fingerprint density at radius 2 is 2.25 bits per heavy atom. The van der Waals surface area contributed by atoms with Gasteiger partial charge in [-0.05, 0) is 26.8 Å². The molecule has 0 aromatic heterocycles. The van der Waals surface area contributed by atoms with Gasteiger partial charge in [0.1, 0.15) is 0 Å². The summed E-state index contributed by atoms with van der Waals surface area (Å²) in [6, 6.07) is 0.178. The van der Waals surface area contributed by atoms with Crippen LogP contribution in [0.5, 0.6) is 0 Å². The molecule has 96 valence electrons. The van der Waals surface area contributed by atoms with E-state index in [2.05, 4.69) is 31.0 Å². The predicted octanol–water partition coefficient (Wildman–Crippen LogP) is 0.458. The molecule has 2 N–H and O–H groups in total. The van der Waals surface area contributed by atoms with Crippen molar-refractivity contribution in [3.8, 4) is 0 Å². The van der Waals surface area contributed by atoms with Gasteiger partial charge in [-0.2, -0.15) is 0 Å². The number of aliphatic hydroxyl groups is 1. The highest BCUT2D eigenvalue weighted by atomic mass is 16.5. The topological polar surface area (TPSA) is 44.7 Å². The minimum atomic E-state index is 0.0829. The van der Waals surface area contributed by atoms with Crippen LogP contribution in [-0.2, 0) is 4.74 Å². The minimum absolute atomic E-state index is 0.0829. The Hall–Kier alpha value is -0.160. The van der Waals surface area contributed by atoms with Gasteiger partial charge < -0.3 is 15.2 Å². The number of hydrogen-bond acceptors (Lipinski definition) is 4. The Bertz CT molecular complexity index is 197. The van der Waals surface area contributed by atoms with E-state index in [1.165, 1.54) is 0 Å². The first-order chi connectivity index (χ1) is 7.60. The Balaban J connectivity index is 2.42. The summed E-state index contributed by atoms with van der Waals surface area (Å²) in [5, 5.41) is 12.7. The van der Waals surface area contributed by atoms with E-state index in [1.54, 1.807) is 0 Å². The number of hydrogen-bond donors (Lipinski definition) is 2. The molecule has 1 unspecified atom stereocenters. The Labute approximate surface area is 99.0 Å². The van der Waals surface area contributed by atoms with Crippen LogP contribution in [0.2, 0.25) is 0 Å². The molecule has 0 aromatic carbocycles. The fourth-order valence-electron chi connectivity index (χ4n) is 2.03. The van der Waals surface area contributed by atoms with Crippen molar-refractivity contribution >= 4 is 0 Å². The molecule has 0 amide bonds. The maximum Gasteiger partial charge on any atom is 0.0645 e. The van der Waals surface area contributed by atoms with E-state index in [-0.39, 0.29) is 18.2 Å². The molecule has 1 atom stereocenters. The van der Waals surface area contributed by atoms with Gasteiger partial charge in [0.05, 0.1) is 19.8 Å². The fourth-order valence-corrected chi connectivity index (χ4v) is 2.03. The van der Waals surface area contributed by atoms with Crippen LogP contribution in [0.3, 0.4) is 0 Å². The van der Waals surface area contributed by atoms with Gasteiger partial charge in [-0.1, -0.05) is 6.92 Å². The molecule has 0 bridgehead atoms. The van der Waals surface area contributed by atoms with Crippen LogP contribution in [0, 0.1) is 0 Å². The molecule has 1 fully saturated rings. The molecule has 1 saturated heterocycles. The molecule has 1 rings (SSSR count). The molecule has 4 nitrogen and oxygen atoms in total. The molecule has 0 radical (unpaired) electrons. The highest BCUT2D eigenvalue weighted by molar-refractivity contribution is 4.87. The lowest BCUT2D eigenvalue weighted by atomic mass is 10.0. The maximum absolute atomic E-state index is 9.33. The van der Waals surface area contributed by atoms with E-state index in [4.69, 9.17) is 4.74 Å². The lowest BCUT2D eigenvalue weighted by Crippen LogP contribution is -2.57. The normalized spacial score (nSPS) is 23.2. The van der Waals surface area contributed by atoms with Crippen LogP contribution in [0.25, 0.3) is 0 Å². The first kappa shape index (κ1) is 13.9. The molecular formula is C12H26N2O2. The van der Waals surface area contributed by atoms with Gasteiger partial charge in [0.15, 0.2) is 0 Å². The lowest BCUT2D eigenvalue weighted by Gasteiger charge is -2.43. The zero-order chi connectivity index (χ0) is 12.0. The van der Waals surface area contributed by atoms with Crippen molar-refractivity contribution in [3.05, 3.63) is 0 Å². The predicted molar refractivity (Wildman–Crippen MR) is 65.6 cm³/mol. The van der Waals surface area contributed by atoms with Crippen molar-refractivity contribution < 1.29 is 9.84 Å². The van der Waals surface area contributed by atoms with Gasteiger partial charge in [-0.3, -0.25) is 4.90 Å². The van der Waals surface area contributed by atoms with Crippen molar-refractivity contribution in [2.45, 2.75) is 38.8 Å². The SMILES string of the molecule is CCCNC(CO)CN1CCOCC1(C)C. The van der Waals surface area contributed by atoms with Gasteiger partial charge in [-0.25, -0.2) is 0 Å². The van der Waals surface area contributed by atoms with Crippen LogP contribution in [0.4, 0.5) is 0 Å². The third-order valence-corrected chi connectivity index (χ3v) is 3.16. The standard InChI is InChI=1S/C12H26N2O2/c1-4-5-13-11(9-15)8-14-6-7-16-10-12(14,2)3/h11,13,15H,4-10H2,1-3H3. The third kappa shape index (κ3) is 4.01. The number of aliphatic hydroxyl groups excluding tert-OH is 1. The molecule has 1 heterocycles. The van der Waals surface area contributed by atoms with E-state index in [9.17, 15) is 5.11 Å². The Morgan fingerprint density at radius 3 is 2.81 bits per heavy atom. The number of morpholine rings is 1. The van der Waals surface area contributed by atoms with E-state index >= 15 is 0 Å². The fraction of sp³-hybridized carbons (Fsp3) is 1.00. The first-order valence-corrected chi connectivity index (χ1v) is 6.27. The van der Waals surface area contributed by atoms with E-state index in [0.29, 0.717) is 0 Å². The molecule has 0 aromatic rings. The number of ether oxygens (including phenoxy) is 1. The molecule has 1 aliphatic rings. The van der Waals surface area contributed by atoms with Crippen LogP contribution in [-0.4, -0.2) is 61.0 Å². The van der Waals surface area contributed by atoms with Crippen LogP contribution >= 0.6 is 0 Å². The Morgan fingerprint density at radius 1 is 1.50 bits per heavy atom. The average molecular weight is 230 g/mol. The van der Waals surface area contributed by atoms with Crippen LogP contribution in [0.15, 0.2) is 0 Å². The monoisotopic (exact) mass is 230 g/mol. The smallest absolute Gasteiger partial charge is 0.0645 e. The second-order valence-corrected chi connectivity index (χ2v) is 5.14. The first-order valence-electron chi connectivity index (χ1n) is 6.27. The summed E-state index contributed by atoms with van der Waals surface area (Å²) in [5.74, 6) is 0. The zero-order valence-corrected chi connectivity index (χ0v) is 10.8. The third-order valence-electron chi connectivity index (χ3n) is 3.16. The van der Waals surface area contributed by atoms with Gasteiger partial charge in [0, 0.05) is 24.7 Å². The zero-order valence-electron chi connectivity index (χ0n) is 10.8. The van der Waals surface area contributed by atoms with Crippen molar-refractivity contribution in [1.82, 2.24) is 10.2 Å². The molecule has 1 aliphatic heterocycles. The quantitative estimate of drug-likeness (QED) is 0.696. The number of nitrogens with one attached hydrogen (secondary N) is 1. The van der Waals surface area contributed by atoms with Crippen molar-refractivity contribution in [1.29, 1.82) is 0 Å².